The molecule has 1 aliphatic rings. The number of nitrogens with zero attached hydrogens (tertiary/aromatic N) is 1. The molecule has 0 saturated carbocycles. The molecule has 3 rings (SSSR count). The van der Waals surface area contributed by atoms with E-state index in [9.17, 15) is 9.59 Å². The Morgan fingerprint density at radius 2 is 1.92 bits per heavy atom. The molecule has 0 N–H and O–H groups in total. The minimum absolute atomic E-state index is 0.213. The SMILES string of the molecule is Cc1ccc(C)c(OCC(=O)OC(C)C(=O)N2CCc3ccccc32)c1. The Balaban J connectivity index is 1.56. The fraction of sp³-hybridized carbons (Fsp3) is 0.333. The fourth-order valence-corrected chi connectivity index (χ4v) is 3.07. The van der Waals surface area contributed by atoms with Crippen LogP contribution in [0.4, 0.5) is 5.69 Å². The Labute approximate surface area is 153 Å². The maximum Gasteiger partial charge on any atom is 0.344 e. The van der Waals surface area contributed by atoms with Gasteiger partial charge in [0.25, 0.3) is 5.91 Å². The highest BCUT2D eigenvalue weighted by molar-refractivity contribution is 5.99. The van der Waals surface area contributed by atoms with Gasteiger partial charge in [0, 0.05) is 12.2 Å². The predicted molar refractivity (Wildman–Crippen MR) is 99.5 cm³/mol. The molecule has 1 amide bonds. The Kier molecular flexibility index (Phi) is 5.26. The molecule has 1 aliphatic heterocycles. The largest absolute Gasteiger partial charge is 0.482 e. The molecule has 0 saturated heterocycles. The Morgan fingerprint density at radius 3 is 2.73 bits per heavy atom. The van der Waals surface area contributed by atoms with Gasteiger partial charge in [-0.25, -0.2) is 4.79 Å². The van der Waals surface area contributed by atoms with Crippen LogP contribution in [0.1, 0.15) is 23.6 Å². The van der Waals surface area contributed by atoms with E-state index in [1.54, 1.807) is 11.8 Å². The lowest BCUT2D eigenvalue weighted by Gasteiger charge is -2.21. The molecule has 0 aliphatic carbocycles. The number of esters is 1. The van der Waals surface area contributed by atoms with E-state index in [4.69, 9.17) is 9.47 Å². The zero-order valence-electron chi connectivity index (χ0n) is 15.3. The normalized spacial score (nSPS) is 13.9. The maximum absolute atomic E-state index is 12.6. The summed E-state index contributed by atoms with van der Waals surface area (Å²) < 4.78 is 10.8. The maximum atomic E-state index is 12.6. The number of aryl methyl sites for hydroxylation is 2. The Morgan fingerprint density at radius 1 is 1.15 bits per heavy atom. The summed E-state index contributed by atoms with van der Waals surface area (Å²) >= 11 is 0. The van der Waals surface area contributed by atoms with Crippen molar-refractivity contribution in [2.45, 2.75) is 33.3 Å². The summed E-state index contributed by atoms with van der Waals surface area (Å²) in [4.78, 5) is 26.4. The van der Waals surface area contributed by atoms with Gasteiger partial charge in [-0.05, 0) is 56.0 Å². The lowest BCUT2D eigenvalue weighted by molar-refractivity contribution is -0.155. The van der Waals surface area contributed by atoms with Crippen LogP contribution in [0.2, 0.25) is 0 Å². The van der Waals surface area contributed by atoms with Crippen LogP contribution in [-0.4, -0.2) is 31.1 Å². The molecule has 136 valence electrons. The Bertz CT molecular complexity index is 831. The van der Waals surface area contributed by atoms with Gasteiger partial charge in [0.15, 0.2) is 12.7 Å². The van der Waals surface area contributed by atoms with Crippen LogP contribution in [-0.2, 0) is 20.7 Å². The third kappa shape index (κ3) is 3.87. The fourth-order valence-electron chi connectivity index (χ4n) is 3.07. The van der Waals surface area contributed by atoms with Crippen molar-refractivity contribution in [1.82, 2.24) is 0 Å². The molecular formula is C21H23NO4. The molecule has 1 atom stereocenters. The van der Waals surface area contributed by atoms with Gasteiger partial charge < -0.3 is 14.4 Å². The van der Waals surface area contributed by atoms with E-state index in [1.165, 1.54) is 0 Å². The molecule has 0 radical (unpaired) electrons. The number of rotatable bonds is 5. The van der Waals surface area contributed by atoms with Crippen molar-refractivity contribution >= 4 is 17.6 Å². The number of ether oxygens (including phenoxy) is 2. The Hall–Kier alpha value is -2.82. The minimum atomic E-state index is -0.851. The zero-order valence-corrected chi connectivity index (χ0v) is 15.3. The molecule has 26 heavy (non-hydrogen) atoms. The molecular weight excluding hydrogens is 330 g/mol. The predicted octanol–water partition coefficient (Wildman–Crippen LogP) is 3.20. The third-order valence-corrected chi connectivity index (χ3v) is 4.50. The number of benzene rings is 2. The lowest BCUT2D eigenvalue weighted by Crippen LogP contribution is -2.39. The van der Waals surface area contributed by atoms with Crippen LogP contribution in [0.5, 0.6) is 5.75 Å². The van der Waals surface area contributed by atoms with Crippen molar-refractivity contribution in [3.05, 3.63) is 59.2 Å². The third-order valence-electron chi connectivity index (χ3n) is 4.50. The second-order valence-corrected chi connectivity index (χ2v) is 6.56. The summed E-state index contributed by atoms with van der Waals surface area (Å²) in [7, 11) is 0. The van der Waals surface area contributed by atoms with Gasteiger partial charge in [0.2, 0.25) is 0 Å². The minimum Gasteiger partial charge on any atom is -0.482 e. The van der Waals surface area contributed by atoms with Gasteiger partial charge in [0.05, 0.1) is 0 Å². The number of fused-ring (bicyclic) bond motifs is 1. The van der Waals surface area contributed by atoms with Crippen LogP contribution >= 0.6 is 0 Å². The lowest BCUT2D eigenvalue weighted by atomic mass is 10.1. The van der Waals surface area contributed by atoms with Crippen molar-refractivity contribution in [3.63, 3.8) is 0 Å². The van der Waals surface area contributed by atoms with Crippen molar-refractivity contribution in [2.24, 2.45) is 0 Å². The van der Waals surface area contributed by atoms with E-state index in [-0.39, 0.29) is 12.5 Å². The van der Waals surface area contributed by atoms with E-state index >= 15 is 0 Å². The van der Waals surface area contributed by atoms with Crippen LogP contribution in [0.3, 0.4) is 0 Å². The van der Waals surface area contributed by atoms with Crippen LogP contribution in [0.25, 0.3) is 0 Å². The first-order valence-electron chi connectivity index (χ1n) is 8.74. The zero-order chi connectivity index (χ0) is 18.7. The van der Waals surface area contributed by atoms with E-state index in [2.05, 4.69) is 0 Å². The van der Waals surface area contributed by atoms with Gasteiger partial charge in [-0.15, -0.1) is 0 Å². The molecule has 2 aromatic carbocycles. The summed E-state index contributed by atoms with van der Waals surface area (Å²) in [5.41, 5.74) is 4.03. The number of carbonyl (C=O) groups is 2. The molecule has 0 bridgehead atoms. The van der Waals surface area contributed by atoms with Gasteiger partial charge >= 0.3 is 5.97 Å². The summed E-state index contributed by atoms with van der Waals surface area (Å²) in [6.45, 7) is 5.85. The first-order valence-corrected chi connectivity index (χ1v) is 8.74. The van der Waals surface area contributed by atoms with E-state index < -0.39 is 12.1 Å². The smallest absolute Gasteiger partial charge is 0.344 e. The van der Waals surface area contributed by atoms with Crippen LogP contribution in [0, 0.1) is 13.8 Å². The van der Waals surface area contributed by atoms with E-state index in [0.717, 1.165) is 28.8 Å². The number of para-hydroxylation sites is 1. The molecule has 0 fully saturated rings. The number of carbonyl (C=O) groups excluding carboxylic acids is 2. The quantitative estimate of drug-likeness (QED) is 0.775. The van der Waals surface area contributed by atoms with Crippen LogP contribution in [0.15, 0.2) is 42.5 Å². The highest BCUT2D eigenvalue weighted by Gasteiger charge is 2.29. The molecule has 2 aromatic rings. The second kappa shape index (κ2) is 7.60. The monoisotopic (exact) mass is 353 g/mol. The number of hydrogen-bond donors (Lipinski definition) is 0. The number of hydrogen-bond acceptors (Lipinski definition) is 4. The molecule has 1 heterocycles. The summed E-state index contributed by atoms with van der Waals surface area (Å²) in [6.07, 6.45) is -0.0333. The van der Waals surface area contributed by atoms with E-state index in [1.807, 2.05) is 56.3 Å². The first kappa shape index (κ1) is 18.0. The van der Waals surface area contributed by atoms with Crippen molar-refractivity contribution in [3.8, 4) is 5.75 Å². The van der Waals surface area contributed by atoms with Gasteiger partial charge in [-0.2, -0.15) is 0 Å². The molecule has 5 nitrogen and oxygen atoms in total. The van der Waals surface area contributed by atoms with Gasteiger partial charge in [-0.1, -0.05) is 30.3 Å². The summed E-state index contributed by atoms with van der Waals surface area (Å²) in [5, 5.41) is 0. The van der Waals surface area contributed by atoms with Crippen LogP contribution < -0.4 is 9.64 Å². The molecule has 0 spiro atoms. The van der Waals surface area contributed by atoms with E-state index in [0.29, 0.717) is 12.3 Å². The summed E-state index contributed by atoms with van der Waals surface area (Å²) in [5.74, 6) is -0.122. The molecule has 1 unspecified atom stereocenters. The van der Waals surface area contributed by atoms with Crippen molar-refractivity contribution in [2.75, 3.05) is 18.1 Å². The average molecular weight is 353 g/mol. The standard InChI is InChI=1S/C21H23NO4/c1-14-8-9-15(2)19(12-14)25-13-20(23)26-16(3)21(24)22-11-10-17-6-4-5-7-18(17)22/h4-9,12,16H,10-11,13H2,1-3H3. The van der Waals surface area contributed by atoms with Gasteiger partial charge in [0.1, 0.15) is 5.75 Å². The number of anilines is 1. The highest BCUT2D eigenvalue weighted by Crippen LogP contribution is 2.28. The van der Waals surface area contributed by atoms with Gasteiger partial charge in [-0.3, -0.25) is 4.79 Å². The highest BCUT2D eigenvalue weighted by atomic mass is 16.6. The number of amides is 1. The molecule has 0 aromatic heterocycles. The molecule has 5 heteroatoms. The van der Waals surface area contributed by atoms with Crippen molar-refractivity contribution in [1.29, 1.82) is 0 Å². The summed E-state index contributed by atoms with van der Waals surface area (Å²) in [6, 6.07) is 13.6. The first-order chi connectivity index (χ1) is 12.5. The second-order valence-electron chi connectivity index (χ2n) is 6.56. The van der Waals surface area contributed by atoms with Crippen molar-refractivity contribution < 1.29 is 19.1 Å². The topological polar surface area (TPSA) is 55.8 Å². The average Bonchev–Trinajstić information content (AvgIpc) is 3.05.